The predicted octanol–water partition coefficient (Wildman–Crippen LogP) is 4.10. The Kier molecular flexibility index (Phi) is 5.03. The van der Waals surface area contributed by atoms with Crippen molar-refractivity contribution in [3.05, 3.63) is 77.7 Å². The maximum Gasteiger partial charge on any atom is 0.291 e. The Labute approximate surface area is 150 Å². The predicted molar refractivity (Wildman–Crippen MR) is 98.8 cm³/mol. The van der Waals surface area contributed by atoms with E-state index in [1.54, 1.807) is 36.4 Å². The van der Waals surface area contributed by atoms with Gasteiger partial charge in [-0.1, -0.05) is 18.2 Å². The van der Waals surface area contributed by atoms with Crippen molar-refractivity contribution < 1.29 is 18.7 Å². The van der Waals surface area contributed by atoms with Crippen molar-refractivity contribution in [2.45, 2.75) is 6.92 Å². The third-order valence-corrected chi connectivity index (χ3v) is 3.84. The molecule has 3 aromatic rings. The number of amides is 2. The molecule has 0 bridgehead atoms. The lowest BCUT2D eigenvalue weighted by Gasteiger charge is -2.12. The Morgan fingerprint density at radius 2 is 1.77 bits per heavy atom. The second-order valence-electron chi connectivity index (χ2n) is 5.62. The number of nitrogens with one attached hydrogen (secondary N) is 2. The minimum absolute atomic E-state index is 0.198. The van der Waals surface area contributed by atoms with E-state index in [4.69, 9.17) is 9.15 Å². The van der Waals surface area contributed by atoms with Crippen LogP contribution in [0.2, 0.25) is 0 Å². The maximum atomic E-state index is 12.4. The van der Waals surface area contributed by atoms with Gasteiger partial charge in [-0.15, -0.1) is 0 Å². The number of benzene rings is 2. The van der Waals surface area contributed by atoms with E-state index >= 15 is 0 Å². The lowest BCUT2D eigenvalue weighted by atomic mass is 10.1. The molecule has 0 radical (unpaired) electrons. The van der Waals surface area contributed by atoms with Crippen LogP contribution in [0.4, 0.5) is 11.4 Å². The number of rotatable bonds is 5. The van der Waals surface area contributed by atoms with Crippen LogP contribution in [-0.2, 0) is 0 Å². The zero-order valence-electron chi connectivity index (χ0n) is 14.4. The first-order valence-corrected chi connectivity index (χ1v) is 7.98. The molecule has 26 heavy (non-hydrogen) atoms. The summed E-state index contributed by atoms with van der Waals surface area (Å²) in [5, 5.41) is 5.55. The van der Waals surface area contributed by atoms with Gasteiger partial charge in [-0.3, -0.25) is 9.59 Å². The summed E-state index contributed by atoms with van der Waals surface area (Å²) < 4.78 is 10.4. The van der Waals surface area contributed by atoms with Gasteiger partial charge in [0.1, 0.15) is 5.75 Å². The molecule has 132 valence electrons. The molecule has 0 saturated carbocycles. The summed E-state index contributed by atoms with van der Waals surface area (Å²) in [6.45, 7) is 1.88. The Hall–Kier alpha value is -3.54. The van der Waals surface area contributed by atoms with E-state index in [1.807, 2.05) is 25.1 Å². The van der Waals surface area contributed by atoms with E-state index in [0.717, 1.165) is 5.56 Å². The van der Waals surface area contributed by atoms with Crippen LogP contribution in [0.25, 0.3) is 0 Å². The summed E-state index contributed by atoms with van der Waals surface area (Å²) in [4.78, 5) is 24.5. The molecular formula is C20H18N2O4. The molecule has 1 heterocycles. The smallest absolute Gasteiger partial charge is 0.291 e. The number of hydrogen-bond acceptors (Lipinski definition) is 4. The van der Waals surface area contributed by atoms with E-state index in [9.17, 15) is 9.59 Å². The van der Waals surface area contributed by atoms with Crippen molar-refractivity contribution in [1.29, 1.82) is 0 Å². The lowest BCUT2D eigenvalue weighted by Crippen LogP contribution is -2.14. The van der Waals surface area contributed by atoms with Gasteiger partial charge in [0.25, 0.3) is 11.8 Å². The molecule has 0 aliphatic heterocycles. The molecule has 2 aromatic carbocycles. The molecule has 0 aliphatic carbocycles. The first kappa shape index (κ1) is 17.3. The Balaban J connectivity index is 1.77. The topological polar surface area (TPSA) is 80.6 Å². The van der Waals surface area contributed by atoms with E-state index in [2.05, 4.69) is 10.6 Å². The number of methoxy groups -OCH3 is 1. The normalized spacial score (nSPS) is 10.2. The van der Waals surface area contributed by atoms with Crippen LogP contribution < -0.4 is 15.4 Å². The molecule has 6 heteroatoms. The molecule has 6 nitrogen and oxygen atoms in total. The van der Waals surface area contributed by atoms with Crippen molar-refractivity contribution in [3.63, 3.8) is 0 Å². The van der Waals surface area contributed by atoms with Gasteiger partial charge in [0.15, 0.2) is 5.76 Å². The quantitative estimate of drug-likeness (QED) is 0.726. The fourth-order valence-electron chi connectivity index (χ4n) is 2.49. The van der Waals surface area contributed by atoms with Crippen molar-refractivity contribution in [1.82, 2.24) is 0 Å². The largest absolute Gasteiger partial charge is 0.494 e. The van der Waals surface area contributed by atoms with Crippen LogP contribution in [-0.4, -0.2) is 18.9 Å². The number of furan rings is 1. The highest BCUT2D eigenvalue weighted by Gasteiger charge is 2.14. The van der Waals surface area contributed by atoms with Crippen molar-refractivity contribution in [3.8, 4) is 5.75 Å². The number of carbonyl (C=O) groups is 2. The SMILES string of the molecule is COc1cc(NC(=O)c2ccccc2C)ccc1NC(=O)c1ccco1. The monoisotopic (exact) mass is 350 g/mol. The molecule has 0 aliphatic rings. The fourth-order valence-corrected chi connectivity index (χ4v) is 2.49. The van der Waals surface area contributed by atoms with Crippen molar-refractivity contribution >= 4 is 23.2 Å². The fraction of sp³-hybridized carbons (Fsp3) is 0.100. The first-order valence-electron chi connectivity index (χ1n) is 7.98. The number of carbonyl (C=O) groups excluding carboxylic acids is 2. The second-order valence-corrected chi connectivity index (χ2v) is 5.62. The zero-order chi connectivity index (χ0) is 18.5. The third kappa shape index (κ3) is 3.75. The van der Waals surface area contributed by atoms with Gasteiger partial charge in [-0.25, -0.2) is 0 Å². The van der Waals surface area contributed by atoms with Gasteiger partial charge < -0.3 is 19.8 Å². The van der Waals surface area contributed by atoms with Crippen molar-refractivity contribution in [2.24, 2.45) is 0 Å². The molecular weight excluding hydrogens is 332 g/mol. The summed E-state index contributed by atoms with van der Waals surface area (Å²) in [5.41, 5.74) is 2.52. The molecule has 1 aromatic heterocycles. The van der Waals surface area contributed by atoms with E-state index < -0.39 is 0 Å². The highest BCUT2D eigenvalue weighted by molar-refractivity contribution is 6.06. The zero-order valence-corrected chi connectivity index (χ0v) is 14.4. The van der Waals surface area contributed by atoms with E-state index in [-0.39, 0.29) is 17.6 Å². The van der Waals surface area contributed by atoms with Gasteiger partial charge in [0.05, 0.1) is 19.1 Å². The van der Waals surface area contributed by atoms with Gasteiger partial charge in [0.2, 0.25) is 0 Å². The molecule has 2 amide bonds. The Bertz CT molecular complexity index is 933. The van der Waals surface area contributed by atoms with Crippen LogP contribution >= 0.6 is 0 Å². The van der Waals surface area contributed by atoms with Crippen LogP contribution in [0.5, 0.6) is 5.75 Å². The van der Waals surface area contributed by atoms with Crippen LogP contribution in [0.3, 0.4) is 0 Å². The summed E-state index contributed by atoms with van der Waals surface area (Å²) in [5.74, 6) is 0.0268. The van der Waals surface area contributed by atoms with Gasteiger partial charge in [-0.05, 0) is 42.8 Å². The molecule has 0 spiro atoms. The van der Waals surface area contributed by atoms with Gasteiger partial charge in [0, 0.05) is 17.3 Å². The number of aryl methyl sites for hydroxylation is 1. The molecule has 0 atom stereocenters. The molecule has 0 fully saturated rings. The van der Waals surface area contributed by atoms with Crippen LogP contribution in [0, 0.1) is 6.92 Å². The average molecular weight is 350 g/mol. The highest BCUT2D eigenvalue weighted by Crippen LogP contribution is 2.29. The summed E-state index contributed by atoms with van der Waals surface area (Å²) in [7, 11) is 1.49. The van der Waals surface area contributed by atoms with Gasteiger partial charge in [-0.2, -0.15) is 0 Å². The summed E-state index contributed by atoms with van der Waals surface area (Å²) in [6.07, 6.45) is 1.43. The Morgan fingerprint density at radius 1 is 0.962 bits per heavy atom. The second kappa shape index (κ2) is 7.57. The molecule has 0 saturated heterocycles. The minimum Gasteiger partial charge on any atom is -0.494 e. The van der Waals surface area contributed by atoms with Gasteiger partial charge >= 0.3 is 0 Å². The number of anilines is 2. The number of ether oxygens (including phenoxy) is 1. The number of hydrogen-bond donors (Lipinski definition) is 2. The standard InChI is InChI=1S/C20H18N2O4/c1-13-6-3-4-7-15(13)19(23)21-14-9-10-16(18(12-14)25-2)22-20(24)17-8-5-11-26-17/h3-12H,1-2H3,(H,21,23)(H,22,24). The molecule has 0 unspecified atom stereocenters. The summed E-state index contributed by atoms with van der Waals surface area (Å²) in [6, 6.07) is 15.5. The average Bonchev–Trinajstić information content (AvgIpc) is 3.18. The van der Waals surface area contributed by atoms with E-state index in [0.29, 0.717) is 22.7 Å². The molecule has 2 N–H and O–H groups in total. The summed E-state index contributed by atoms with van der Waals surface area (Å²) >= 11 is 0. The first-order chi connectivity index (χ1) is 12.6. The third-order valence-electron chi connectivity index (χ3n) is 3.84. The Morgan fingerprint density at radius 3 is 2.46 bits per heavy atom. The molecule has 3 rings (SSSR count). The van der Waals surface area contributed by atoms with Crippen molar-refractivity contribution in [2.75, 3.05) is 17.7 Å². The van der Waals surface area contributed by atoms with Crippen LogP contribution in [0.15, 0.2) is 65.3 Å². The highest BCUT2D eigenvalue weighted by atomic mass is 16.5. The van der Waals surface area contributed by atoms with Crippen LogP contribution in [0.1, 0.15) is 26.5 Å². The lowest BCUT2D eigenvalue weighted by molar-refractivity contribution is 0.0994. The maximum absolute atomic E-state index is 12.4. The minimum atomic E-state index is -0.384. The van der Waals surface area contributed by atoms with E-state index in [1.165, 1.54) is 13.4 Å².